The minimum Gasteiger partial charge on any atom is -0.473 e. The van der Waals surface area contributed by atoms with Gasteiger partial charge >= 0.3 is 6.03 Å². The number of nitrogens with one attached hydrogen (secondary N) is 2. The molecule has 1 heterocycles. The van der Waals surface area contributed by atoms with Crippen LogP contribution in [0.4, 0.5) is 10.5 Å². The zero-order valence-electron chi connectivity index (χ0n) is 25.2. The lowest BCUT2D eigenvalue weighted by Crippen LogP contribution is -2.29. The van der Waals surface area contributed by atoms with Crippen LogP contribution in [0.5, 0.6) is 5.88 Å². The molecule has 0 saturated heterocycles. The number of anilines is 1. The van der Waals surface area contributed by atoms with Crippen molar-refractivity contribution in [2.45, 2.75) is 46.1 Å². The molecule has 43 heavy (non-hydrogen) atoms. The first-order valence-electron chi connectivity index (χ1n) is 14.6. The summed E-state index contributed by atoms with van der Waals surface area (Å²) in [6.07, 6.45) is 8.80. The molecule has 3 aromatic carbocycles. The normalized spacial score (nSPS) is 11.4. The molecule has 0 bridgehead atoms. The van der Waals surface area contributed by atoms with E-state index in [1.807, 2.05) is 66.7 Å². The maximum absolute atomic E-state index is 13.0. The highest BCUT2D eigenvalue weighted by Crippen LogP contribution is 2.32. The lowest BCUT2D eigenvalue weighted by Gasteiger charge is -2.20. The standard InChI is InChI=1S/C37H39N3O3/c1-26(2)32-18-9-19-33(27(3)4)35(32)40-37(42)39-25-29-14-8-16-31(24-29)34(41)21-20-30-17-10-22-38-36(30)43-23-11-15-28-12-6-5-7-13-28/h5-22,24,26-27H,23,25H2,1-4H3,(H2,39,40,42). The van der Waals surface area contributed by atoms with E-state index in [9.17, 15) is 9.59 Å². The molecule has 6 nitrogen and oxygen atoms in total. The molecule has 0 spiro atoms. The second-order valence-electron chi connectivity index (χ2n) is 10.8. The van der Waals surface area contributed by atoms with Crippen LogP contribution in [-0.4, -0.2) is 23.4 Å². The topological polar surface area (TPSA) is 80.3 Å². The van der Waals surface area contributed by atoms with Gasteiger partial charge < -0.3 is 15.4 Å². The van der Waals surface area contributed by atoms with Crippen LogP contribution < -0.4 is 15.4 Å². The number of nitrogens with zero attached hydrogens (tertiary/aromatic N) is 1. The zero-order chi connectivity index (χ0) is 30.6. The van der Waals surface area contributed by atoms with Gasteiger partial charge in [0.2, 0.25) is 5.88 Å². The van der Waals surface area contributed by atoms with E-state index in [1.54, 1.807) is 30.5 Å². The first-order valence-corrected chi connectivity index (χ1v) is 14.6. The Morgan fingerprint density at radius 2 is 1.56 bits per heavy atom. The molecule has 2 N–H and O–H groups in total. The van der Waals surface area contributed by atoms with Gasteiger partial charge in [-0.25, -0.2) is 9.78 Å². The minimum atomic E-state index is -0.283. The molecule has 0 aliphatic carbocycles. The number of carbonyl (C=O) groups is 2. The number of para-hydroxylation sites is 1. The first-order chi connectivity index (χ1) is 20.8. The lowest BCUT2D eigenvalue weighted by molar-refractivity contribution is 0.104. The monoisotopic (exact) mass is 573 g/mol. The van der Waals surface area contributed by atoms with Crippen molar-refractivity contribution in [3.8, 4) is 5.88 Å². The molecule has 0 aliphatic rings. The van der Waals surface area contributed by atoms with Crippen molar-refractivity contribution in [3.63, 3.8) is 0 Å². The van der Waals surface area contributed by atoms with Crippen LogP contribution in [0.3, 0.4) is 0 Å². The average molecular weight is 574 g/mol. The van der Waals surface area contributed by atoms with E-state index in [2.05, 4.69) is 55.4 Å². The fourth-order valence-corrected chi connectivity index (χ4v) is 4.66. The average Bonchev–Trinajstić information content (AvgIpc) is 3.02. The van der Waals surface area contributed by atoms with Crippen LogP contribution >= 0.6 is 0 Å². The summed E-state index contributed by atoms with van der Waals surface area (Å²) in [4.78, 5) is 30.2. The Kier molecular flexibility index (Phi) is 11.0. The Balaban J connectivity index is 1.36. The van der Waals surface area contributed by atoms with E-state index >= 15 is 0 Å². The van der Waals surface area contributed by atoms with E-state index in [1.165, 1.54) is 6.08 Å². The summed E-state index contributed by atoms with van der Waals surface area (Å²) in [7, 11) is 0. The molecular formula is C37H39N3O3. The third kappa shape index (κ3) is 9.01. The predicted molar refractivity (Wildman–Crippen MR) is 175 cm³/mol. The number of ketones is 1. The minimum absolute atomic E-state index is 0.155. The van der Waals surface area contributed by atoms with E-state index in [0.29, 0.717) is 23.6 Å². The number of hydrogen-bond acceptors (Lipinski definition) is 4. The van der Waals surface area contributed by atoms with Gasteiger partial charge in [-0.2, -0.15) is 0 Å². The number of rotatable bonds is 12. The molecule has 4 aromatic rings. The van der Waals surface area contributed by atoms with Crippen LogP contribution in [0.15, 0.2) is 103 Å². The van der Waals surface area contributed by atoms with Gasteiger partial charge in [-0.1, -0.05) is 101 Å². The predicted octanol–water partition coefficient (Wildman–Crippen LogP) is 8.64. The van der Waals surface area contributed by atoms with Crippen molar-refractivity contribution in [2.75, 3.05) is 11.9 Å². The van der Waals surface area contributed by atoms with Crippen LogP contribution in [0.2, 0.25) is 0 Å². The van der Waals surface area contributed by atoms with E-state index < -0.39 is 0 Å². The van der Waals surface area contributed by atoms with Gasteiger partial charge in [-0.15, -0.1) is 0 Å². The number of amides is 2. The number of pyridine rings is 1. The van der Waals surface area contributed by atoms with Crippen molar-refractivity contribution < 1.29 is 14.3 Å². The molecular weight excluding hydrogens is 534 g/mol. The van der Waals surface area contributed by atoms with Gasteiger partial charge in [0.1, 0.15) is 6.61 Å². The number of carbonyl (C=O) groups excluding carboxylic acids is 2. The van der Waals surface area contributed by atoms with Crippen LogP contribution in [-0.2, 0) is 6.54 Å². The van der Waals surface area contributed by atoms with Crippen molar-refractivity contribution in [1.82, 2.24) is 10.3 Å². The molecule has 0 fully saturated rings. The summed E-state index contributed by atoms with van der Waals surface area (Å²) in [5.41, 5.74) is 6.23. The van der Waals surface area contributed by atoms with Gasteiger partial charge in [0.15, 0.2) is 5.78 Å². The fourth-order valence-electron chi connectivity index (χ4n) is 4.66. The summed E-state index contributed by atoms with van der Waals surface area (Å²) in [6.45, 7) is 9.11. The number of hydrogen-bond donors (Lipinski definition) is 2. The molecule has 0 radical (unpaired) electrons. The second-order valence-corrected chi connectivity index (χ2v) is 10.8. The summed E-state index contributed by atoms with van der Waals surface area (Å²) in [5, 5.41) is 6.01. The number of urea groups is 1. The Morgan fingerprint density at radius 1 is 0.837 bits per heavy atom. The van der Waals surface area contributed by atoms with Crippen LogP contribution in [0.25, 0.3) is 12.2 Å². The Labute approximate surface area is 254 Å². The number of aromatic nitrogens is 1. The van der Waals surface area contributed by atoms with Gasteiger partial charge in [0.05, 0.1) is 0 Å². The fraction of sp³-hybridized carbons (Fsp3) is 0.216. The number of allylic oxidation sites excluding steroid dienone is 1. The third-order valence-corrected chi connectivity index (χ3v) is 6.92. The summed E-state index contributed by atoms with van der Waals surface area (Å²) in [5.74, 6) is 0.844. The molecule has 0 unspecified atom stereocenters. The molecule has 4 rings (SSSR count). The van der Waals surface area contributed by atoms with Crippen molar-refractivity contribution >= 4 is 29.7 Å². The highest BCUT2D eigenvalue weighted by Gasteiger charge is 2.16. The largest absolute Gasteiger partial charge is 0.473 e. The molecule has 2 amide bonds. The number of benzene rings is 3. The third-order valence-electron chi connectivity index (χ3n) is 6.92. The van der Waals surface area contributed by atoms with Gasteiger partial charge in [-0.3, -0.25) is 4.79 Å². The number of ether oxygens (including phenoxy) is 1. The molecule has 6 heteroatoms. The quantitative estimate of drug-likeness (QED) is 0.131. The van der Waals surface area contributed by atoms with Crippen LogP contribution in [0, 0.1) is 0 Å². The highest BCUT2D eigenvalue weighted by atomic mass is 16.5. The molecule has 0 aliphatic heterocycles. The van der Waals surface area contributed by atoms with Gasteiger partial charge in [-0.05, 0) is 70.5 Å². The van der Waals surface area contributed by atoms with Crippen molar-refractivity contribution in [1.29, 1.82) is 0 Å². The van der Waals surface area contributed by atoms with Crippen molar-refractivity contribution in [3.05, 3.63) is 137 Å². The molecule has 1 aromatic heterocycles. The Morgan fingerprint density at radius 3 is 2.28 bits per heavy atom. The second kappa shape index (κ2) is 15.3. The SMILES string of the molecule is CC(C)c1cccc(C(C)C)c1NC(=O)NCc1cccc(C(=O)C=Cc2cccnc2OCC=Cc2ccccc2)c1. The summed E-state index contributed by atoms with van der Waals surface area (Å²) >= 11 is 0. The first kappa shape index (κ1) is 31.0. The van der Waals surface area contributed by atoms with Crippen molar-refractivity contribution in [2.24, 2.45) is 0 Å². The Bertz CT molecular complexity index is 1560. The maximum Gasteiger partial charge on any atom is 0.319 e. The molecule has 0 atom stereocenters. The van der Waals surface area contributed by atoms with Crippen LogP contribution in [0.1, 0.15) is 77.7 Å². The lowest BCUT2D eigenvalue weighted by atomic mass is 9.93. The van der Waals surface area contributed by atoms with E-state index in [4.69, 9.17) is 4.74 Å². The van der Waals surface area contributed by atoms with Gasteiger partial charge in [0, 0.05) is 29.6 Å². The summed E-state index contributed by atoms with van der Waals surface area (Å²) in [6, 6.07) is 26.8. The highest BCUT2D eigenvalue weighted by molar-refractivity contribution is 6.07. The Hall–Kier alpha value is -4.97. The van der Waals surface area contributed by atoms with Gasteiger partial charge in [0.25, 0.3) is 0 Å². The summed E-state index contributed by atoms with van der Waals surface area (Å²) < 4.78 is 5.85. The van der Waals surface area contributed by atoms with E-state index in [-0.39, 0.29) is 30.2 Å². The smallest absolute Gasteiger partial charge is 0.319 e. The molecule has 220 valence electrons. The zero-order valence-corrected chi connectivity index (χ0v) is 25.2. The van der Waals surface area contributed by atoms with E-state index in [0.717, 1.165) is 27.9 Å². The maximum atomic E-state index is 13.0. The molecule has 0 saturated carbocycles.